The standard InChI is InChI=1S/C13H21F3N4/c1-5-7-10-18-11(17-4)9(3)12(19-10)20(6-2)8-13(14,15)16/h5-8H2,1-4H3,(H,17,18,19). The van der Waals surface area contributed by atoms with E-state index in [0.29, 0.717) is 29.4 Å². The number of hydrogen-bond donors (Lipinski definition) is 1. The van der Waals surface area contributed by atoms with Gasteiger partial charge in [-0.1, -0.05) is 6.92 Å². The van der Waals surface area contributed by atoms with Crippen molar-refractivity contribution in [3.05, 3.63) is 11.4 Å². The van der Waals surface area contributed by atoms with Crippen molar-refractivity contribution in [3.63, 3.8) is 0 Å². The van der Waals surface area contributed by atoms with E-state index in [9.17, 15) is 13.2 Å². The third-order valence-electron chi connectivity index (χ3n) is 2.93. The van der Waals surface area contributed by atoms with Crippen LogP contribution >= 0.6 is 0 Å². The van der Waals surface area contributed by atoms with E-state index in [1.54, 1.807) is 20.9 Å². The Kier molecular flexibility index (Phi) is 5.59. The highest BCUT2D eigenvalue weighted by Crippen LogP contribution is 2.27. The molecular weight excluding hydrogens is 269 g/mol. The molecule has 1 aromatic rings. The Labute approximate surface area is 117 Å². The lowest BCUT2D eigenvalue weighted by molar-refractivity contribution is -0.119. The van der Waals surface area contributed by atoms with Gasteiger partial charge >= 0.3 is 6.18 Å². The van der Waals surface area contributed by atoms with E-state index in [-0.39, 0.29) is 6.54 Å². The summed E-state index contributed by atoms with van der Waals surface area (Å²) in [5.41, 5.74) is 0.637. The summed E-state index contributed by atoms with van der Waals surface area (Å²) >= 11 is 0. The van der Waals surface area contributed by atoms with Gasteiger partial charge < -0.3 is 10.2 Å². The molecular formula is C13H21F3N4. The molecule has 20 heavy (non-hydrogen) atoms. The van der Waals surface area contributed by atoms with Crippen LogP contribution in [0, 0.1) is 6.92 Å². The first-order chi connectivity index (χ1) is 9.32. The third kappa shape index (κ3) is 4.25. The van der Waals surface area contributed by atoms with Gasteiger partial charge in [0.1, 0.15) is 24.0 Å². The maximum absolute atomic E-state index is 12.6. The summed E-state index contributed by atoms with van der Waals surface area (Å²) in [6.45, 7) is 4.64. The first-order valence-electron chi connectivity index (χ1n) is 6.69. The fraction of sp³-hybridized carbons (Fsp3) is 0.692. The van der Waals surface area contributed by atoms with Crippen LogP contribution in [0.3, 0.4) is 0 Å². The lowest BCUT2D eigenvalue weighted by Gasteiger charge is -2.26. The summed E-state index contributed by atoms with van der Waals surface area (Å²) in [7, 11) is 1.70. The summed E-state index contributed by atoms with van der Waals surface area (Å²) in [4.78, 5) is 9.86. The SMILES string of the molecule is CCCc1nc(NC)c(C)c(N(CC)CC(F)(F)F)n1. The number of nitrogens with zero attached hydrogens (tertiary/aromatic N) is 3. The number of aromatic nitrogens is 2. The maximum atomic E-state index is 12.6. The van der Waals surface area contributed by atoms with Crippen LogP contribution in [-0.2, 0) is 6.42 Å². The van der Waals surface area contributed by atoms with Crippen LogP contribution in [0.5, 0.6) is 0 Å². The Bertz CT molecular complexity index is 446. The van der Waals surface area contributed by atoms with Crippen LogP contribution in [0.15, 0.2) is 0 Å². The summed E-state index contributed by atoms with van der Waals surface area (Å²) in [6.07, 6.45) is -2.76. The summed E-state index contributed by atoms with van der Waals surface area (Å²) in [5.74, 6) is 1.50. The number of anilines is 2. The van der Waals surface area contributed by atoms with Gasteiger partial charge in [0.25, 0.3) is 0 Å². The smallest absolute Gasteiger partial charge is 0.373 e. The molecule has 7 heteroatoms. The normalized spacial score (nSPS) is 11.6. The quantitative estimate of drug-likeness (QED) is 0.873. The lowest BCUT2D eigenvalue weighted by Crippen LogP contribution is -2.35. The Morgan fingerprint density at radius 1 is 1.20 bits per heavy atom. The average molecular weight is 290 g/mol. The van der Waals surface area contributed by atoms with Gasteiger partial charge in [-0.15, -0.1) is 0 Å². The largest absolute Gasteiger partial charge is 0.405 e. The van der Waals surface area contributed by atoms with Crippen molar-refractivity contribution in [1.82, 2.24) is 9.97 Å². The van der Waals surface area contributed by atoms with Crippen molar-refractivity contribution in [2.75, 3.05) is 30.4 Å². The molecule has 1 aromatic heterocycles. The second kappa shape index (κ2) is 6.76. The summed E-state index contributed by atoms with van der Waals surface area (Å²) in [6, 6.07) is 0. The van der Waals surface area contributed by atoms with Gasteiger partial charge in [-0.2, -0.15) is 13.2 Å². The van der Waals surface area contributed by atoms with E-state index in [4.69, 9.17) is 0 Å². The summed E-state index contributed by atoms with van der Waals surface area (Å²) in [5, 5.41) is 2.92. The lowest BCUT2D eigenvalue weighted by atomic mass is 10.2. The predicted octanol–water partition coefficient (Wildman–Crippen LogP) is 3.17. The Morgan fingerprint density at radius 3 is 2.30 bits per heavy atom. The van der Waals surface area contributed by atoms with E-state index >= 15 is 0 Å². The topological polar surface area (TPSA) is 41.1 Å². The molecule has 0 spiro atoms. The first-order valence-corrected chi connectivity index (χ1v) is 6.69. The van der Waals surface area contributed by atoms with Gasteiger partial charge in [-0.3, -0.25) is 0 Å². The molecule has 0 fully saturated rings. The molecule has 0 saturated heterocycles. The monoisotopic (exact) mass is 290 g/mol. The Morgan fingerprint density at radius 2 is 1.85 bits per heavy atom. The molecule has 0 aliphatic heterocycles. The van der Waals surface area contributed by atoms with Crippen molar-refractivity contribution < 1.29 is 13.2 Å². The molecule has 0 unspecified atom stereocenters. The van der Waals surface area contributed by atoms with E-state index < -0.39 is 12.7 Å². The first kappa shape index (κ1) is 16.5. The van der Waals surface area contributed by atoms with Crippen LogP contribution in [0.2, 0.25) is 0 Å². The zero-order chi connectivity index (χ0) is 15.3. The fourth-order valence-corrected chi connectivity index (χ4v) is 1.99. The van der Waals surface area contributed by atoms with Crippen molar-refractivity contribution in [2.24, 2.45) is 0 Å². The van der Waals surface area contributed by atoms with Crippen LogP contribution in [0.4, 0.5) is 24.8 Å². The van der Waals surface area contributed by atoms with Crippen LogP contribution in [0.25, 0.3) is 0 Å². The van der Waals surface area contributed by atoms with Gasteiger partial charge in [-0.25, -0.2) is 9.97 Å². The summed E-state index contributed by atoms with van der Waals surface area (Å²) < 4.78 is 37.9. The number of alkyl halides is 3. The molecule has 0 aliphatic rings. The number of rotatable bonds is 6. The molecule has 0 aliphatic carbocycles. The Balaban J connectivity index is 3.21. The molecule has 114 valence electrons. The highest BCUT2D eigenvalue weighted by atomic mass is 19.4. The number of nitrogens with one attached hydrogen (secondary N) is 1. The predicted molar refractivity (Wildman–Crippen MR) is 74.3 cm³/mol. The molecule has 0 amide bonds. The highest BCUT2D eigenvalue weighted by Gasteiger charge is 2.31. The van der Waals surface area contributed by atoms with Crippen molar-refractivity contribution in [1.29, 1.82) is 0 Å². The molecule has 1 heterocycles. The second-order valence-electron chi connectivity index (χ2n) is 4.57. The van der Waals surface area contributed by atoms with E-state index in [1.807, 2.05) is 6.92 Å². The molecule has 0 saturated carbocycles. The molecule has 0 bridgehead atoms. The highest BCUT2D eigenvalue weighted by molar-refractivity contribution is 5.58. The molecule has 0 radical (unpaired) electrons. The minimum atomic E-state index is -4.25. The van der Waals surface area contributed by atoms with Gasteiger partial charge in [0.05, 0.1) is 0 Å². The van der Waals surface area contributed by atoms with Gasteiger partial charge in [0, 0.05) is 25.6 Å². The van der Waals surface area contributed by atoms with Crippen molar-refractivity contribution >= 4 is 11.6 Å². The zero-order valence-corrected chi connectivity index (χ0v) is 12.3. The molecule has 1 N–H and O–H groups in total. The van der Waals surface area contributed by atoms with Gasteiger partial charge in [0.15, 0.2) is 0 Å². The van der Waals surface area contributed by atoms with Crippen LogP contribution in [0.1, 0.15) is 31.7 Å². The molecule has 0 aromatic carbocycles. The molecule has 0 atom stereocenters. The zero-order valence-electron chi connectivity index (χ0n) is 12.3. The maximum Gasteiger partial charge on any atom is 0.405 e. The molecule has 1 rings (SSSR count). The van der Waals surface area contributed by atoms with Crippen molar-refractivity contribution in [3.8, 4) is 0 Å². The van der Waals surface area contributed by atoms with E-state index in [0.717, 1.165) is 6.42 Å². The van der Waals surface area contributed by atoms with Gasteiger partial charge in [-0.05, 0) is 20.3 Å². The minimum absolute atomic E-state index is 0.242. The number of aryl methyl sites for hydroxylation is 1. The van der Waals surface area contributed by atoms with Crippen molar-refractivity contribution in [2.45, 2.75) is 39.8 Å². The number of hydrogen-bond acceptors (Lipinski definition) is 4. The molecule has 4 nitrogen and oxygen atoms in total. The number of halogens is 3. The second-order valence-corrected chi connectivity index (χ2v) is 4.57. The fourth-order valence-electron chi connectivity index (χ4n) is 1.99. The van der Waals surface area contributed by atoms with E-state index in [2.05, 4.69) is 15.3 Å². The average Bonchev–Trinajstić information content (AvgIpc) is 2.37. The Hall–Kier alpha value is -1.53. The van der Waals surface area contributed by atoms with Gasteiger partial charge in [0.2, 0.25) is 0 Å². The minimum Gasteiger partial charge on any atom is -0.373 e. The van der Waals surface area contributed by atoms with Crippen LogP contribution < -0.4 is 10.2 Å². The van der Waals surface area contributed by atoms with Crippen LogP contribution in [-0.4, -0.2) is 36.3 Å². The third-order valence-corrected chi connectivity index (χ3v) is 2.93. The van der Waals surface area contributed by atoms with E-state index in [1.165, 1.54) is 4.90 Å².